The van der Waals surface area contributed by atoms with Gasteiger partial charge >= 0.3 is 0 Å². The number of hydrogen-bond donors (Lipinski definition) is 0. The van der Waals surface area contributed by atoms with Crippen molar-refractivity contribution in [3.63, 3.8) is 0 Å². The molecule has 1 aliphatic rings. The van der Waals surface area contributed by atoms with Crippen LogP contribution in [-0.2, 0) is 5.41 Å². The van der Waals surface area contributed by atoms with E-state index in [0.29, 0.717) is 39.5 Å². The zero-order valence-electron chi connectivity index (χ0n) is 16.3. The van der Waals surface area contributed by atoms with Crippen LogP contribution in [0.1, 0.15) is 71.7 Å². The van der Waals surface area contributed by atoms with Gasteiger partial charge in [0.25, 0.3) is 0 Å². The molecule has 144 valence electrons. The van der Waals surface area contributed by atoms with Crippen LogP contribution in [-0.4, -0.2) is 18.2 Å². The first-order valence-electron chi connectivity index (χ1n) is 9.36. The smallest absolute Gasteiger partial charge is 0.198 e. The Morgan fingerprint density at radius 1 is 1.04 bits per heavy atom. The van der Waals surface area contributed by atoms with Crippen LogP contribution in [0, 0.1) is 0 Å². The van der Waals surface area contributed by atoms with Crippen LogP contribution in [0.25, 0.3) is 11.0 Å². The number of hydrogen-bond acceptors (Lipinski definition) is 4. The quantitative estimate of drug-likeness (QED) is 0.429. The van der Waals surface area contributed by atoms with Gasteiger partial charge in [0, 0.05) is 21.9 Å². The van der Waals surface area contributed by atoms with E-state index in [1.165, 1.54) is 0 Å². The fourth-order valence-electron chi connectivity index (χ4n) is 3.49. The molecule has 0 saturated carbocycles. The first kappa shape index (κ1) is 18.8. The van der Waals surface area contributed by atoms with Gasteiger partial charge in [0.1, 0.15) is 11.3 Å². The number of ether oxygens (including phenoxy) is 1. The molecule has 0 unspecified atom stereocenters. The Balaban J connectivity index is 2.11. The number of benzene rings is 2. The van der Waals surface area contributed by atoms with Crippen molar-refractivity contribution < 1.29 is 18.7 Å². The average Bonchev–Trinajstić information content (AvgIpc) is 3.11. The second-order valence-electron chi connectivity index (χ2n) is 8.05. The second-order valence-corrected chi connectivity index (χ2v) is 8.43. The molecule has 0 spiro atoms. The number of ketones is 2. The summed E-state index contributed by atoms with van der Waals surface area (Å²) in [5.74, 6) is 0.440. The van der Waals surface area contributed by atoms with Crippen molar-refractivity contribution in [1.29, 1.82) is 0 Å². The van der Waals surface area contributed by atoms with Crippen molar-refractivity contribution >= 4 is 34.1 Å². The minimum absolute atomic E-state index is 0.199. The molecule has 0 atom stereocenters. The molecule has 0 radical (unpaired) electrons. The van der Waals surface area contributed by atoms with Crippen LogP contribution in [0.15, 0.2) is 34.7 Å². The van der Waals surface area contributed by atoms with Gasteiger partial charge in [-0.1, -0.05) is 63.6 Å². The highest BCUT2D eigenvalue weighted by Gasteiger charge is 2.38. The summed E-state index contributed by atoms with van der Waals surface area (Å²) in [6, 6.07) is 8.66. The van der Waals surface area contributed by atoms with Gasteiger partial charge in [-0.15, -0.1) is 0 Å². The lowest BCUT2D eigenvalue weighted by Gasteiger charge is -2.21. The first-order valence-corrected chi connectivity index (χ1v) is 9.74. The van der Waals surface area contributed by atoms with E-state index >= 15 is 0 Å². The highest BCUT2D eigenvalue weighted by molar-refractivity contribution is 6.41. The van der Waals surface area contributed by atoms with E-state index in [4.69, 9.17) is 20.8 Å². The topological polar surface area (TPSA) is 56.5 Å². The van der Waals surface area contributed by atoms with E-state index < -0.39 is 0 Å². The van der Waals surface area contributed by atoms with Crippen molar-refractivity contribution in [1.82, 2.24) is 0 Å². The molecule has 0 aliphatic heterocycles. The van der Waals surface area contributed by atoms with Crippen LogP contribution >= 0.6 is 11.6 Å². The summed E-state index contributed by atoms with van der Waals surface area (Å²) in [5.41, 5.74) is 1.24. The SMILES string of the molecule is CCCOc1c2c(c3oc(C(C)(C)C)cc3c1Cl)C(=O)c1ccccc1C2=O. The Hall–Kier alpha value is -2.59. The van der Waals surface area contributed by atoms with Gasteiger partial charge in [0.15, 0.2) is 17.3 Å². The third-order valence-corrected chi connectivity index (χ3v) is 5.31. The highest BCUT2D eigenvalue weighted by Crippen LogP contribution is 2.46. The number of carbonyl (C=O) groups is 2. The molecular formula is C23H21ClO4. The summed E-state index contributed by atoms with van der Waals surface area (Å²) in [6.45, 7) is 8.41. The molecule has 4 rings (SSSR count). The summed E-state index contributed by atoms with van der Waals surface area (Å²) in [4.78, 5) is 26.7. The molecule has 0 fully saturated rings. The number of halogens is 1. The average molecular weight is 397 g/mol. The maximum atomic E-state index is 13.4. The highest BCUT2D eigenvalue weighted by atomic mass is 35.5. The van der Waals surface area contributed by atoms with Crippen molar-refractivity contribution in [3.8, 4) is 5.75 Å². The molecule has 0 bridgehead atoms. The first-order chi connectivity index (χ1) is 13.3. The van der Waals surface area contributed by atoms with Gasteiger partial charge in [0.05, 0.1) is 22.8 Å². The van der Waals surface area contributed by atoms with Crippen molar-refractivity contribution in [2.24, 2.45) is 0 Å². The number of rotatable bonds is 3. The molecule has 4 nitrogen and oxygen atoms in total. The Labute approximate surface area is 168 Å². The fourth-order valence-corrected chi connectivity index (χ4v) is 3.78. The molecular weight excluding hydrogens is 376 g/mol. The molecule has 0 N–H and O–H groups in total. The third-order valence-electron chi connectivity index (χ3n) is 4.93. The minimum atomic E-state index is -0.278. The maximum absolute atomic E-state index is 13.4. The molecule has 28 heavy (non-hydrogen) atoms. The van der Waals surface area contributed by atoms with E-state index in [0.717, 1.165) is 6.42 Å². The predicted molar refractivity (Wildman–Crippen MR) is 109 cm³/mol. The van der Waals surface area contributed by atoms with E-state index in [1.807, 2.05) is 33.8 Å². The van der Waals surface area contributed by atoms with Crippen LogP contribution < -0.4 is 4.74 Å². The largest absolute Gasteiger partial charge is 0.491 e. The Morgan fingerprint density at radius 2 is 1.64 bits per heavy atom. The van der Waals surface area contributed by atoms with Crippen molar-refractivity contribution in [3.05, 3.63) is 63.4 Å². The van der Waals surface area contributed by atoms with Crippen LogP contribution in [0.5, 0.6) is 5.75 Å². The van der Waals surface area contributed by atoms with Gasteiger partial charge in [-0.25, -0.2) is 0 Å². The molecule has 0 saturated heterocycles. The Bertz CT molecular complexity index is 1130. The lowest BCUT2D eigenvalue weighted by Crippen LogP contribution is -2.22. The molecule has 3 aromatic rings. The Morgan fingerprint density at radius 3 is 2.21 bits per heavy atom. The summed E-state index contributed by atoms with van der Waals surface area (Å²) in [7, 11) is 0. The second kappa shape index (κ2) is 6.49. The molecule has 0 amide bonds. The minimum Gasteiger partial charge on any atom is -0.491 e. The van der Waals surface area contributed by atoms with Gasteiger partial charge in [-0.3, -0.25) is 9.59 Å². The lowest BCUT2D eigenvalue weighted by atomic mass is 9.82. The van der Waals surface area contributed by atoms with Crippen molar-refractivity contribution in [2.75, 3.05) is 6.61 Å². The molecule has 1 aliphatic carbocycles. The number of carbonyl (C=O) groups excluding carboxylic acids is 2. The van der Waals surface area contributed by atoms with E-state index in [1.54, 1.807) is 24.3 Å². The van der Waals surface area contributed by atoms with Gasteiger partial charge in [-0.05, 0) is 12.5 Å². The number of fused-ring (bicyclic) bond motifs is 4. The maximum Gasteiger partial charge on any atom is 0.198 e. The Kier molecular flexibility index (Phi) is 4.35. The standard InChI is InChI=1S/C23H21ClO4/c1-5-10-27-22-17-16(19(25)12-8-6-7-9-13(12)20(17)26)21-14(18(22)24)11-15(28-21)23(2,3)4/h6-9,11H,5,10H2,1-4H3. The van der Waals surface area contributed by atoms with Gasteiger partial charge in [0.2, 0.25) is 0 Å². The van der Waals surface area contributed by atoms with E-state index in [-0.39, 0.29) is 33.9 Å². The summed E-state index contributed by atoms with van der Waals surface area (Å²) < 4.78 is 12.0. The van der Waals surface area contributed by atoms with Crippen LogP contribution in [0.3, 0.4) is 0 Å². The molecule has 1 heterocycles. The van der Waals surface area contributed by atoms with Crippen LogP contribution in [0.4, 0.5) is 0 Å². The normalized spacial score (nSPS) is 13.6. The van der Waals surface area contributed by atoms with Gasteiger partial charge < -0.3 is 9.15 Å². The summed E-state index contributed by atoms with van der Waals surface area (Å²) in [5, 5.41) is 0.902. The van der Waals surface area contributed by atoms with E-state index in [9.17, 15) is 9.59 Å². The predicted octanol–water partition coefficient (Wildman–Crippen LogP) is 5.95. The lowest BCUT2D eigenvalue weighted by molar-refractivity contribution is 0.0976. The molecule has 5 heteroatoms. The fraction of sp³-hybridized carbons (Fsp3) is 0.304. The number of furan rings is 1. The van der Waals surface area contributed by atoms with Crippen LogP contribution in [0.2, 0.25) is 5.02 Å². The molecule has 1 aromatic heterocycles. The monoisotopic (exact) mass is 396 g/mol. The van der Waals surface area contributed by atoms with E-state index in [2.05, 4.69) is 0 Å². The van der Waals surface area contributed by atoms with Crippen molar-refractivity contribution in [2.45, 2.75) is 39.5 Å². The van der Waals surface area contributed by atoms with Gasteiger partial charge in [-0.2, -0.15) is 0 Å². The zero-order chi connectivity index (χ0) is 20.2. The summed E-state index contributed by atoms with van der Waals surface area (Å²) >= 11 is 6.67. The zero-order valence-corrected chi connectivity index (χ0v) is 17.1. The third kappa shape index (κ3) is 2.67. The molecule has 2 aromatic carbocycles. The summed E-state index contributed by atoms with van der Waals surface area (Å²) in [6.07, 6.45) is 0.750.